The second-order valence-electron chi connectivity index (χ2n) is 24.1. The lowest BCUT2D eigenvalue weighted by atomic mass is 9.71. The van der Waals surface area contributed by atoms with Gasteiger partial charge in [-0.2, -0.15) is 0 Å². The SMILES string of the molecule is O=C(CCCCC(=O)OCCN1C(=O)[C@H]2[C@H]3C(C(O)(c4ccccc4)c4ccccn4)=C[C@H](C3=C(c3ccccc3)c3ccccn3)[C@H]2C1=O)OCCN1C(=O)[C@@H]2[C@@H]3C(C(O)(c4ccccc4)c4ccccn4)=C[C@@H](C3=C(c3ccccc3)c3ccccn3)[C@@H]2C1=O. The van der Waals surface area contributed by atoms with Gasteiger partial charge in [-0.1, -0.05) is 158 Å². The van der Waals surface area contributed by atoms with Crippen LogP contribution < -0.4 is 0 Å². The monoisotopic (exact) mass is 1220 g/mol. The van der Waals surface area contributed by atoms with Gasteiger partial charge in [-0.25, -0.2) is 0 Å². The predicted molar refractivity (Wildman–Crippen MR) is 339 cm³/mol. The maximum atomic E-state index is 14.9. The van der Waals surface area contributed by atoms with Gasteiger partial charge in [0.1, 0.15) is 13.2 Å². The number of fused-ring (bicyclic) bond motifs is 10. The Kier molecular flexibility index (Phi) is 15.9. The Hall–Kier alpha value is -10.4. The highest BCUT2D eigenvalue weighted by atomic mass is 16.5. The molecule has 16 nitrogen and oxygen atoms in total. The van der Waals surface area contributed by atoms with Gasteiger partial charge in [-0.3, -0.25) is 58.5 Å². The fourth-order valence-corrected chi connectivity index (χ4v) is 15.5. The Morgan fingerprint density at radius 3 is 1.10 bits per heavy atom. The van der Waals surface area contributed by atoms with Crippen LogP contribution >= 0.6 is 0 Å². The van der Waals surface area contributed by atoms with Crippen molar-refractivity contribution in [3.8, 4) is 0 Å². The van der Waals surface area contributed by atoms with Crippen LogP contribution in [0.1, 0.15) is 70.7 Å². The summed E-state index contributed by atoms with van der Waals surface area (Å²) in [6.07, 6.45) is 11.0. The van der Waals surface area contributed by atoms with Crippen LogP contribution in [-0.4, -0.2) is 102 Å². The Morgan fingerprint density at radius 2 is 0.750 bits per heavy atom. The Bertz CT molecular complexity index is 3830. The van der Waals surface area contributed by atoms with E-state index in [-0.39, 0.29) is 52.0 Å². The van der Waals surface area contributed by atoms with E-state index in [1.165, 1.54) is 9.80 Å². The molecular weight excluding hydrogens is 1160 g/mol. The summed E-state index contributed by atoms with van der Waals surface area (Å²) in [4.78, 5) is 107. The topological polar surface area (TPSA) is 219 Å². The highest BCUT2D eigenvalue weighted by Crippen LogP contribution is 2.66. The third-order valence-corrected chi connectivity index (χ3v) is 19.2. The first kappa shape index (κ1) is 59.2. The third-order valence-electron chi connectivity index (χ3n) is 19.2. The lowest BCUT2D eigenvalue weighted by Gasteiger charge is -2.36. The van der Waals surface area contributed by atoms with Gasteiger partial charge in [-0.15, -0.1) is 0 Å². The molecule has 4 amide bonds. The van der Waals surface area contributed by atoms with Crippen molar-refractivity contribution in [3.05, 3.63) is 298 Å². The molecule has 92 heavy (non-hydrogen) atoms. The maximum absolute atomic E-state index is 14.9. The molecule has 0 spiro atoms. The van der Waals surface area contributed by atoms with Crippen LogP contribution in [0.4, 0.5) is 0 Å². The zero-order valence-electron chi connectivity index (χ0n) is 50.1. The fraction of sp³-hybridized carbons (Fsp3) is 0.237. The molecule has 16 heteroatoms. The molecule has 2 saturated carbocycles. The highest BCUT2D eigenvalue weighted by molar-refractivity contribution is 6.09. The Morgan fingerprint density at radius 1 is 0.413 bits per heavy atom. The standard InChI is InChI=1S/C76H64N6O10/c83-59(91-43-41-81-71(85)65-51-45-53(75(89,49-27-9-3-10-28-49)57-33-17-21-39-79-57)67(69(65)73(81)87)63(51)61(47-23-5-1-6-24-47)55-31-15-19-37-77-55)35-13-14-36-60(84)92-44-42-82-72(86)66-52-46-54(76(90,50-29-11-4-12-30-50)58-34-18-22-40-80-58)68(70(66)74(82)88)64(52)62(48-25-7-2-8-26-48)56-32-16-20-38-78-56/h1-12,15-34,37-40,45-46,51-52,65-70,89-90H,13-14,35-36,41-44H2/t51-,52+,65-,66+,67+,68-,69-,70+,75?,76?. The summed E-state index contributed by atoms with van der Waals surface area (Å²) in [5.41, 5.74) is 5.59. The number of benzene rings is 4. The van der Waals surface area contributed by atoms with Crippen molar-refractivity contribution >= 4 is 46.7 Å². The molecule has 2 unspecified atom stereocenters. The molecule has 2 aliphatic heterocycles. The lowest BCUT2D eigenvalue weighted by molar-refractivity contribution is -0.149. The summed E-state index contributed by atoms with van der Waals surface area (Å²) in [5.74, 6) is -8.83. The number of hydrogen-bond acceptors (Lipinski definition) is 14. The second kappa shape index (κ2) is 24.8. The van der Waals surface area contributed by atoms with Crippen LogP contribution in [0.25, 0.3) is 11.1 Å². The third kappa shape index (κ3) is 10.1. The molecule has 4 bridgehead atoms. The minimum Gasteiger partial charge on any atom is -0.464 e. The normalized spacial score (nSPS) is 24.2. The number of esters is 2. The number of amides is 4. The van der Waals surface area contributed by atoms with Crippen molar-refractivity contribution in [2.45, 2.75) is 36.9 Å². The molecule has 14 rings (SSSR count). The first-order valence-electron chi connectivity index (χ1n) is 31.2. The lowest BCUT2D eigenvalue weighted by Crippen LogP contribution is -2.39. The number of imide groups is 2. The number of hydrogen-bond donors (Lipinski definition) is 2. The van der Waals surface area contributed by atoms with Crippen molar-refractivity contribution in [1.29, 1.82) is 0 Å². The molecule has 458 valence electrons. The van der Waals surface area contributed by atoms with E-state index in [1.54, 1.807) is 61.2 Å². The van der Waals surface area contributed by atoms with E-state index >= 15 is 0 Å². The van der Waals surface area contributed by atoms with Crippen LogP contribution in [0.15, 0.2) is 253 Å². The van der Waals surface area contributed by atoms with Gasteiger partial charge >= 0.3 is 11.9 Å². The number of pyridine rings is 4. The summed E-state index contributed by atoms with van der Waals surface area (Å²) < 4.78 is 11.2. The van der Waals surface area contributed by atoms with Gasteiger partial charge in [0.05, 0.1) is 59.5 Å². The number of ether oxygens (including phenoxy) is 2. The molecular formula is C76H64N6O10. The Balaban J connectivity index is 0.620. The molecule has 4 aromatic carbocycles. The highest BCUT2D eigenvalue weighted by Gasteiger charge is 2.68. The number of allylic oxidation sites excluding steroid dienone is 4. The van der Waals surface area contributed by atoms with E-state index in [9.17, 15) is 39.0 Å². The molecule has 8 aromatic rings. The number of nitrogens with zero attached hydrogens (tertiary/aromatic N) is 6. The van der Waals surface area contributed by atoms with Crippen LogP contribution in [0, 0.1) is 47.3 Å². The van der Waals surface area contributed by atoms with Crippen molar-refractivity contribution in [3.63, 3.8) is 0 Å². The fourth-order valence-electron chi connectivity index (χ4n) is 15.5. The summed E-state index contributed by atoms with van der Waals surface area (Å²) in [5, 5.41) is 26.5. The van der Waals surface area contributed by atoms with Crippen molar-refractivity contribution in [2.24, 2.45) is 47.3 Å². The number of rotatable bonds is 21. The van der Waals surface area contributed by atoms with Crippen LogP contribution in [0.5, 0.6) is 0 Å². The quantitative estimate of drug-likeness (QED) is 0.0296. The van der Waals surface area contributed by atoms with Gasteiger partial charge in [-0.05, 0) is 106 Å². The Labute approximate surface area is 531 Å². The van der Waals surface area contributed by atoms with Gasteiger partial charge in [0.2, 0.25) is 23.6 Å². The van der Waals surface area contributed by atoms with E-state index in [2.05, 4.69) is 9.97 Å². The van der Waals surface area contributed by atoms with Gasteiger partial charge in [0.25, 0.3) is 0 Å². The first-order chi connectivity index (χ1) is 45.0. The van der Waals surface area contributed by atoms with E-state index in [1.807, 2.05) is 170 Å². The first-order valence-corrected chi connectivity index (χ1v) is 31.2. The summed E-state index contributed by atoms with van der Waals surface area (Å²) in [7, 11) is 0. The van der Waals surface area contributed by atoms with Gasteiger partial charge in [0.15, 0.2) is 11.2 Å². The number of carbonyl (C=O) groups excluding carboxylic acids is 6. The van der Waals surface area contributed by atoms with E-state index in [0.717, 1.165) is 33.4 Å². The van der Waals surface area contributed by atoms with E-state index < -0.39 is 94.1 Å². The van der Waals surface area contributed by atoms with E-state index in [4.69, 9.17) is 19.4 Å². The molecule has 0 radical (unpaired) electrons. The number of aliphatic hydroxyl groups is 2. The maximum Gasteiger partial charge on any atom is 0.305 e. The number of unbranched alkanes of at least 4 members (excludes halogenated alkanes) is 1. The average molecular weight is 1220 g/mol. The van der Waals surface area contributed by atoms with E-state index in [0.29, 0.717) is 45.0 Å². The number of carbonyl (C=O) groups is 6. The molecule has 4 aromatic heterocycles. The number of likely N-dealkylation sites (tertiary alicyclic amines) is 2. The summed E-state index contributed by atoms with van der Waals surface area (Å²) >= 11 is 0. The zero-order valence-corrected chi connectivity index (χ0v) is 50.1. The largest absolute Gasteiger partial charge is 0.464 e. The molecule has 6 aliphatic rings. The van der Waals surface area contributed by atoms with Crippen LogP contribution in [0.2, 0.25) is 0 Å². The molecule has 2 saturated heterocycles. The van der Waals surface area contributed by atoms with Gasteiger partial charge in [0, 0.05) is 72.4 Å². The average Bonchev–Trinajstić information content (AvgIpc) is 1.53. The summed E-state index contributed by atoms with van der Waals surface area (Å²) in [6, 6.07) is 59.8. The van der Waals surface area contributed by atoms with Crippen molar-refractivity contribution in [1.82, 2.24) is 29.7 Å². The molecule has 4 aliphatic carbocycles. The van der Waals surface area contributed by atoms with Crippen molar-refractivity contribution in [2.75, 3.05) is 26.3 Å². The molecule has 4 fully saturated rings. The van der Waals surface area contributed by atoms with Crippen molar-refractivity contribution < 1.29 is 48.5 Å². The summed E-state index contributed by atoms with van der Waals surface area (Å²) in [6.45, 7) is -0.840. The molecule has 6 heterocycles. The predicted octanol–water partition coefficient (Wildman–Crippen LogP) is 9.66. The smallest absolute Gasteiger partial charge is 0.305 e. The minimum absolute atomic E-state index is 0.0478. The number of aromatic nitrogens is 4. The van der Waals surface area contributed by atoms with Crippen LogP contribution in [0.3, 0.4) is 0 Å². The molecule has 2 N–H and O–H groups in total. The van der Waals surface area contributed by atoms with Gasteiger partial charge < -0.3 is 19.7 Å². The van der Waals surface area contributed by atoms with Crippen LogP contribution in [-0.2, 0) is 49.4 Å². The minimum atomic E-state index is -1.79. The zero-order chi connectivity index (χ0) is 63.1. The second-order valence-corrected chi connectivity index (χ2v) is 24.1. The molecule has 10 atom stereocenters.